The Morgan fingerprint density at radius 3 is 2.04 bits per heavy atom. The molecule has 0 heterocycles. The number of sulfonamides is 1. The molecule has 0 unspecified atom stereocenters. The Bertz CT molecular complexity index is 785. The molecule has 0 aromatic heterocycles. The van der Waals surface area contributed by atoms with Crippen LogP contribution < -0.4 is 10.0 Å². The lowest BCUT2D eigenvalue weighted by atomic mass is 10.2. The molecule has 0 spiro atoms. The van der Waals surface area contributed by atoms with E-state index in [1.54, 1.807) is 19.1 Å². The Labute approximate surface area is 140 Å². The molecule has 0 saturated heterocycles. The highest BCUT2D eigenvalue weighted by molar-refractivity contribution is 7.92. The second-order valence-electron chi connectivity index (χ2n) is 5.10. The SMILES string of the molecule is Cc1ccc(NS(=O)(=O)c2ccc(NC(=O)[C@@H](C)Cl)cc2)cc1. The van der Waals surface area contributed by atoms with Gasteiger partial charge in [0.25, 0.3) is 10.0 Å². The van der Waals surface area contributed by atoms with E-state index in [-0.39, 0.29) is 10.8 Å². The first-order valence-corrected chi connectivity index (χ1v) is 8.84. The third kappa shape index (κ3) is 4.71. The van der Waals surface area contributed by atoms with Gasteiger partial charge in [-0.25, -0.2) is 8.42 Å². The van der Waals surface area contributed by atoms with Gasteiger partial charge in [0.1, 0.15) is 5.38 Å². The maximum atomic E-state index is 12.3. The molecular formula is C16H17ClN2O3S. The Kier molecular flexibility index (Phi) is 5.28. The lowest BCUT2D eigenvalue weighted by Gasteiger charge is -2.10. The van der Waals surface area contributed by atoms with E-state index in [2.05, 4.69) is 10.0 Å². The zero-order chi connectivity index (χ0) is 17.0. The van der Waals surface area contributed by atoms with Crippen molar-refractivity contribution in [2.45, 2.75) is 24.1 Å². The lowest BCUT2D eigenvalue weighted by Crippen LogP contribution is -2.20. The summed E-state index contributed by atoms with van der Waals surface area (Å²) in [6.07, 6.45) is 0. The maximum absolute atomic E-state index is 12.3. The number of hydrogen-bond acceptors (Lipinski definition) is 3. The number of halogens is 1. The molecule has 0 aliphatic heterocycles. The summed E-state index contributed by atoms with van der Waals surface area (Å²) in [6.45, 7) is 3.48. The fourth-order valence-electron chi connectivity index (χ4n) is 1.79. The van der Waals surface area contributed by atoms with Crippen molar-refractivity contribution in [3.63, 3.8) is 0 Å². The van der Waals surface area contributed by atoms with Gasteiger partial charge in [-0.3, -0.25) is 9.52 Å². The molecule has 0 radical (unpaired) electrons. The van der Waals surface area contributed by atoms with Crippen molar-refractivity contribution >= 4 is 38.9 Å². The molecule has 5 nitrogen and oxygen atoms in total. The number of alkyl halides is 1. The second-order valence-corrected chi connectivity index (χ2v) is 7.44. The van der Waals surface area contributed by atoms with Crippen molar-refractivity contribution in [3.05, 3.63) is 54.1 Å². The van der Waals surface area contributed by atoms with Gasteiger partial charge in [-0.2, -0.15) is 0 Å². The Hall–Kier alpha value is -2.05. The second kappa shape index (κ2) is 7.02. The van der Waals surface area contributed by atoms with E-state index >= 15 is 0 Å². The maximum Gasteiger partial charge on any atom is 0.261 e. The average Bonchev–Trinajstić information content (AvgIpc) is 2.50. The van der Waals surface area contributed by atoms with Crippen molar-refractivity contribution in [2.24, 2.45) is 0 Å². The molecule has 0 saturated carbocycles. The molecule has 0 aliphatic carbocycles. The standard InChI is InChI=1S/C16H17ClN2O3S/c1-11-3-5-14(6-4-11)19-23(21,22)15-9-7-13(8-10-15)18-16(20)12(2)17/h3-10,12,19H,1-2H3,(H,18,20)/t12-/m1/s1. The van der Waals surface area contributed by atoms with E-state index in [1.807, 2.05) is 19.1 Å². The van der Waals surface area contributed by atoms with Crippen LogP contribution >= 0.6 is 11.6 Å². The number of aryl methyl sites for hydroxylation is 1. The van der Waals surface area contributed by atoms with Gasteiger partial charge in [0.05, 0.1) is 4.90 Å². The van der Waals surface area contributed by atoms with Crippen LogP contribution in [-0.2, 0) is 14.8 Å². The molecule has 1 atom stereocenters. The summed E-state index contributed by atoms with van der Waals surface area (Å²) >= 11 is 5.67. The highest BCUT2D eigenvalue weighted by Crippen LogP contribution is 2.19. The van der Waals surface area contributed by atoms with Crippen molar-refractivity contribution in [2.75, 3.05) is 10.0 Å². The average molecular weight is 353 g/mol. The summed E-state index contributed by atoms with van der Waals surface area (Å²) in [6, 6.07) is 12.9. The molecule has 2 N–H and O–H groups in total. The fraction of sp³-hybridized carbons (Fsp3) is 0.188. The smallest absolute Gasteiger partial charge is 0.261 e. The number of hydrogen-bond donors (Lipinski definition) is 2. The Morgan fingerprint density at radius 2 is 1.52 bits per heavy atom. The number of anilines is 2. The minimum absolute atomic E-state index is 0.106. The third-order valence-corrected chi connectivity index (χ3v) is 4.69. The molecule has 1 amide bonds. The molecule has 0 aliphatic rings. The van der Waals surface area contributed by atoms with E-state index in [1.165, 1.54) is 24.3 Å². The summed E-state index contributed by atoms with van der Waals surface area (Å²) in [5.41, 5.74) is 2.02. The summed E-state index contributed by atoms with van der Waals surface area (Å²) < 4.78 is 27.1. The number of carbonyl (C=O) groups excluding carboxylic acids is 1. The molecule has 2 aromatic rings. The van der Waals surface area contributed by atoms with E-state index in [0.29, 0.717) is 11.4 Å². The van der Waals surface area contributed by atoms with Crippen LogP contribution in [0.4, 0.5) is 11.4 Å². The van der Waals surface area contributed by atoms with Gasteiger partial charge in [-0.1, -0.05) is 17.7 Å². The molecule has 7 heteroatoms. The van der Waals surface area contributed by atoms with E-state index in [4.69, 9.17) is 11.6 Å². The Morgan fingerprint density at radius 1 is 1.00 bits per heavy atom. The first-order valence-electron chi connectivity index (χ1n) is 6.92. The quantitative estimate of drug-likeness (QED) is 0.810. The third-order valence-electron chi connectivity index (χ3n) is 3.10. The molecule has 2 aromatic carbocycles. The number of carbonyl (C=O) groups is 1. The first-order chi connectivity index (χ1) is 10.8. The molecule has 122 valence electrons. The largest absolute Gasteiger partial charge is 0.325 e. The van der Waals surface area contributed by atoms with Crippen LogP contribution in [0.2, 0.25) is 0 Å². The van der Waals surface area contributed by atoms with Crippen LogP contribution in [0.5, 0.6) is 0 Å². The predicted molar refractivity (Wildman–Crippen MR) is 92.4 cm³/mol. The first kappa shape index (κ1) is 17.3. The zero-order valence-corrected chi connectivity index (χ0v) is 14.3. The molecule has 0 fully saturated rings. The minimum atomic E-state index is -3.68. The summed E-state index contributed by atoms with van der Waals surface area (Å²) in [7, 11) is -3.68. The number of amides is 1. The fourth-order valence-corrected chi connectivity index (χ4v) is 2.91. The van der Waals surface area contributed by atoms with Crippen LogP contribution in [0, 0.1) is 6.92 Å². The van der Waals surface area contributed by atoms with E-state index < -0.39 is 15.4 Å². The van der Waals surface area contributed by atoms with Gasteiger partial charge in [0, 0.05) is 11.4 Å². The Balaban J connectivity index is 2.14. The number of benzene rings is 2. The minimum Gasteiger partial charge on any atom is -0.325 e. The van der Waals surface area contributed by atoms with Crippen molar-refractivity contribution < 1.29 is 13.2 Å². The van der Waals surface area contributed by atoms with E-state index in [0.717, 1.165) is 5.56 Å². The normalized spacial score (nSPS) is 12.5. The lowest BCUT2D eigenvalue weighted by molar-refractivity contribution is -0.115. The summed E-state index contributed by atoms with van der Waals surface area (Å²) in [5.74, 6) is -0.347. The van der Waals surface area contributed by atoms with Gasteiger partial charge >= 0.3 is 0 Å². The summed E-state index contributed by atoms with van der Waals surface area (Å²) in [4.78, 5) is 11.6. The van der Waals surface area contributed by atoms with Crippen LogP contribution in [0.25, 0.3) is 0 Å². The highest BCUT2D eigenvalue weighted by atomic mass is 35.5. The van der Waals surface area contributed by atoms with Crippen molar-refractivity contribution in [1.82, 2.24) is 0 Å². The molecule has 0 bridgehead atoms. The number of rotatable bonds is 5. The van der Waals surface area contributed by atoms with Gasteiger partial charge in [0.15, 0.2) is 0 Å². The van der Waals surface area contributed by atoms with Gasteiger partial charge in [0.2, 0.25) is 5.91 Å². The monoisotopic (exact) mass is 352 g/mol. The molecular weight excluding hydrogens is 336 g/mol. The van der Waals surface area contributed by atoms with Gasteiger partial charge < -0.3 is 5.32 Å². The van der Waals surface area contributed by atoms with Crippen LogP contribution in [0.15, 0.2) is 53.4 Å². The zero-order valence-electron chi connectivity index (χ0n) is 12.7. The van der Waals surface area contributed by atoms with Crippen LogP contribution in [0.3, 0.4) is 0 Å². The van der Waals surface area contributed by atoms with Gasteiger partial charge in [-0.15, -0.1) is 11.6 Å². The van der Waals surface area contributed by atoms with Crippen molar-refractivity contribution in [3.8, 4) is 0 Å². The van der Waals surface area contributed by atoms with Crippen LogP contribution in [-0.4, -0.2) is 19.7 Å². The predicted octanol–water partition coefficient (Wildman–Crippen LogP) is 3.36. The van der Waals surface area contributed by atoms with Crippen LogP contribution in [0.1, 0.15) is 12.5 Å². The van der Waals surface area contributed by atoms with Crippen molar-refractivity contribution in [1.29, 1.82) is 0 Å². The highest BCUT2D eigenvalue weighted by Gasteiger charge is 2.15. The number of nitrogens with one attached hydrogen (secondary N) is 2. The van der Waals surface area contributed by atoms with Gasteiger partial charge in [-0.05, 0) is 50.2 Å². The topological polar surface area (TPSA) is 75.3 Å². The molecule has 2 rings (SSSR count). The van der Waals surface area contributed by atoms with E-state index in [9.17, 15) is 13.2 Å². The molecule has 23 heavy (non-hydrogen) atoms. The summed E-state index contributed by atoms with van der Waals surface area (Å²) in [5, 5.41) is 1.92.